The van der Waals surface area contributed by atoms with E-state index in [9.17, 15) is 13.2 Å². The van der Waals surface area contributed by atoms with Gasteiger partial charge in [0.05, 0.1) is 11.5 Å². The highest BCUT2D eigenvalue weighted by atomic mass is 32.2. The fourth-order valence-electron chi connectivity index (χ4n) is 1.65. The van der Waals surface area contributed by atoms with E-state index in [0.717, 1.165) is 0 Å². The molecule has 1 aromatic rings. The third kappa shape index (κ3) is 3.89. The van der Waals surface area contributed by atoms with Crippen LogP contribution in [0.15, 0.2) is 28.0 Å². The maximum absolute atomic E-state index is 12.5. The normalized spacial score (nSPS) is 13.7. The van der Waals surface area contributed by atoms with E-state index in [0.29, 0.717) is 13.0 Å². The van der Waals surface area contributed by atoms with Gasteiger partial charge in [-0.25, -0.2) is 8.42 Å². The summed E-state index contributed by atoms with van der Waals surface area (Å²) in [7, 11) is -2.09. The molecule has 1 heterocycles. The first-order chi connectivity index (χ1) is 8.93. The lowest BCUT2D eigenvalue weighted by Crippen LogP contribution is -2.40. The zero-order valence-electron chi connectivity index (χ0n) is 11.4. The second-order valence-electron chi connectivity index (χ2n) is 4.25. The van der Waals surface area contributed by atoms with Crippen LogP contribution in [0.4, 0.5) is 0 Å². The Bertz CT molecular complexity index is 533. The molecule has 0 spiro atoms. The van der Waals surface area contributed by atoms with Gasteiger partial charge in [-0.1, -0.05) is 6.92 Å². The molecule has 0 aromatic carbocycles. The van der Waals surface area contributed by atoms with Crippen molar-refractivity contribution in [3.8, 4) is 0 Å². The fraction of sp³-hybridized carbons (Fsp3) is 0.583. The van der Waals surface area contributed by atoms with Gasteiger partial charge in [0, 0.05) is 32.0 Å². The van der Waals surface area contributed by atoms with Gasteiger partial charge < -0.3 is 9.72 Å². The average Bonchev–Trinajstić information content (AvgIpc) is 2.39. The number of pyridine rings is 1. The van der Waals surface area contributed by atoms with Crippen LogP contribution in [0.2, 0.25) is 0 Å². The van der Waals surface area contributed by atoms with Gasteiger partial charge in [0.1, 0.15) is 0 Å². The van der Waals surface area contributed by atoms with Crippen molar-refractivity contribution in [1.82, 2.24) is 9.29 Å². The fourth-order valence-corrected chi connectivity index (χ4v) is 3.31. The number of aromatic amines is 1. The van der Waals surface area contributed by atoms with Crippen LogP contribution < -0.4 is 5.56 Å². The minimum absolute atomic E-state index is 0.0866. The topological polar surface area (TPSA) is 79.5 Å². The van der Waals surface area contributed by atoms with Crippen molar-refractivity contribution < 1.29 is 13.2 Å². The largest absolute Gasteiger partial charge is 0.383 e. The van der Waals surface area contributed by atoms with Gasteiger partial charge in [-0.2, -0.15) is 4.31 Å². The molecule has 0 saturated carbocycles. The highest BCUT2D eigenvalue weighted by molar-refractivity contribution is 7.89. The molecule has 1 rings (SSSR count). The maximum Gasteiger partial charge on any atom is 0.247 e. The molecule has 0 amide bonds. The molecule has 1 atom stereocenters. The van der Waals surface area contributed by atoms with Gasteiger partial charge in [-0.3, -0.25) is 4.79 Å². The minimum Gasteiger partial charge on any atom is -0.383 e. The Balaban J connectivity index is 3.11. The molecule has 7 heteroatoms. The summed E-state index contributed by atoms with van der Waals surface area (Å²) >= 11 is 0. The smallest absolute Gasteiger partial charge is 0.247 e. The van der Waals surface area contributed by atoms with Crippen LogP contribution in [0.1, 0.15) is 20.3 Å². The standard InChI is InChI=1S/C12H20N2O4S/c1-4-10(2)14(7-8-18-3)19(16,17)11-5-6-12(15)13-9-11/h5-6,9-10H,4,7-8H2,1-3H3,(H,13,15). The van der Waals surface area contributed by atoms with Crippen molar-refractivity contribution >= 4 is 10.0 Å². The van der Waals surface area contributed by atoms with E-state index in [2.05, 4.69) is 4.98 Å². The molecule has 0 aliphatic carbocycles. The van der Waals surface area contributed by atoms with Crippen LogP contribution in [-0.4, -0.2) is 44.0 Å². The number of nitrogens with zero attached hydrogens (tertiary/aromatic N) is 1. The molecule has 19 heavy (non-hydrogen) atoms. The van der Waals surface area contributed by atoms with Gasteiger partial charge in [-0.15, -0.1) is 0 Å². The molecular formula is C12H20N2O4S. The molecule has 6 nitrogen and oxygen atoms in total. The summed E-state index contributed by atoms with van der Waals surface area (Å²) in [5.41, 5.74) is -0.328. The first kappa shape index (κ1) is 15.9. The Morgan fingerprint density at radius 1 is 1.42 bits per heavy atom. The lowest BCUT2D eigenvalue weighted by atomic mass is 10.3. The Kier molecular flexibility index (Phi) is 5.71. The molecule has 0 aliphatic rings. The predicted octanol–water partition coefficient (Wildman–Crippen LogP) is 0.810. The van der Waals surface area contributed by atoms with E-state index in [-0.39, 0.29) is 23.0 Å². The predicted molar refractivity (Wildman–Crippen MR) is 72.6 cm³/mol. The quantitative estimate of drug-likeness (QED) is 0.805. The van der Waals surface area contributed by atoms with E-state index in [1.807, 2.05) is 13.8 Å². The van der Waals surface area contributed by atoms with Crippen molar-refractivity contribution in [2.45, 2.75) is 31.2 Å². The van der Waals surface area contributed by atoms with Crippen molar-refractivity contribution in [3.63, 3.8) is 0 Å². The van der Waals surface area contributed by atoms with E-state index >= 15 is 0 Å². The number of nitrogens with one attached hydrogen (secondary N) is 1. The summed E-state index contributed by atoms with van der Waals surface area (Å²) in [6, 6.07) is 2.39. The summed E-state index contributed by atoms with van der Waals surface area (Å²) in [4.78, 5) is 13.5. The number of methoxy groups -OCH3 is 1. The summed E-state index contributed by atoms with van der Waals surface area (Å²) in [6.45, 7) is 4.38. The molecule has 1 unspecified atom stereocenters. The van der Waals surface area contributed by atoms with Crippen molar-refractivity contribution in [2.75, 3.05) is 20.3 Å². The molecule has 0 saturated heterocycles. The van der Waals surface area contributed by atoms with E-state index < -0.39 is 10.0 Å². The third-order valence-corrected chi connectivity index (χ3v) is 4.97. The van der Waals surface area contributed by atoms with Crippen LogP contribution in [0.5, 0.6) is 0 Å². The molecular weight excluding hydrogens is 268 g/mol. The van der Waals surface area contributed by atoms with Gasteiger partial charge >= 0.3 is 0 Å². The third-order valence-electron chi connectivity index (χ3n) is 2.96. The zero-order chi connectivity index (χ0) is 14.5. The van der Waals surface area contributed by atoms with E-state index in [1.54, 1.807) is 0 Å². The number of sulfonamides is 1. The van der Waals surface area contributed by atoms with E-state index in [4.69, 9.17) is 4.74 Å². The summed E-state index contributed by atoms with van der Waals surface area (Å²) in [6.07, 6.45) is 1.92. The monoisotopic (exact) mass is 288 g/mol. The lowest BCUT2D eigenvalue weighted by molar-refractivity contribution is 0.167. The van der Waals surface area contributed by atoms with Crippen LogP contribution in [0.25, 0.3) is 0 Å². The highest BCUT2D eigenvalue weighted by Crippen LogP contribution is 2.17. The van der Waals surface area contributed by atoms with Crippen LogP contribution in [0.3, 0.4) is 0 Å². The first-order valence-corrected chi connectivity index (χ1v) is 7.57. The van der Waals surface area contributed by atoms with Gasteiger partial charge in [-0.05, 0) is 19.4 Å². The van der Waals surface area contributed by atoms with Crippen molar-refractivity contribution in [2.24, 2.45) is 0 Å². The van der Waals surface area contributed by atoms with Gasteiger partial charge in [0.15, 0.2) is 0 Å². The molecule has 1 N–H and O–H groups in total. The number of ether oxygens (including phenoxy) is 1. The van der Waals surface area contributed by atoms with Gasteiger partial charge in [0.25, 0.3) is 0 Å². The lowest BCUT2D eigenvalue weighted by Gasteiger charge is -2.27. The number of rotatable bonds is 7. The highest BCUT2D eigenvalue weighted by Gasteiger charge is 2.27. The average molecular weight is 288 g/mol. The second-order valence-corrected chi connectivity index (χ2v) is 6.15. The van der Waals surface area contributed by atoms with Crippen LogP contribution in [0, 0.1) is 0 Å². The van der Waals surface area contributed by atoms with Crippen molar-refractivity contribution in [1.29, 1.82) is 0 Å². The minimum atomic E-state index is -3.62. The number of H-pyrrole nitrogens is 1. The van der Waals surface area contributed by atoms with Gasteiger partial charge in [0.2, 0.25) is 15.6 Å². The number of hydrogen-bond donors (Lipinski definition) is 1. The Morgan fingerprint density at radius 2 is 2.11 bits per heavy atom. The zero-order valence-corrected chi connectivity index (χ0v) is 12.2. The molecule has 0 bridgehead atoms. The molecule has 0 aliphatic heterocycles. The molecule has 0 radical (unpaired) electrons. The molecule has 108 valence electrons. The van der Waals surface area contributed by atoms with Crippen molar-refractivity contribution in [3.05, 3.63) is 28.7 Å². The Morgan fingerprint density at radius 3 is 2.58 bits per heavy atom. The molecule has 1 aromatic heterocycles. The summed E-state index contributed by atoms with van der Waals surface area (Å²) in [5, 5.41) is 0. The van der Waals surface area contributed by atoms with Crippen LogP contribution >= 0.6 is 0 Å². The summed E-state index contributed by atoms with van der Waals surface area (Å²) < 4.78 is 31.3. The Labute approximate surface area is 113 Å². The Hall–Kier alpha value is -1.18. The molecule has 0 fully saturated rings. The SMILES string of the molecule is CCC(C)N(CCOC)S(=O)(=O)c1ccc(=O)[nH]c1. The summed E-state index contributed by atoms with van der Waals surface area (Å²) in [5.74, 6) is 0. The van der Waals surface area contributed by atoms with Crippen LogP contribution in [-0.2, 0) is 14.8 Å². The second kappa shape index (κ2) is 6.83. The number of hydrogen-bond acceptors (Lipinski definition) is 4. The maximum atomic E-state index is 12.5. The first-order valence-electron chi connectivity index (χ1n) is 6.13. The van der Waals surface area contributed by atoms with E-state index in [1.165, 1.54) is 29.7 Å². The number of aromatic nitrogens is 1.